The van der Waals surface area contributed by atoms with Crippen LogP contribution < -0.4 is 16.2 Å². The van der Waals surface area contributed by atoms with Crippen LogP contribution in [-0.4, -0.2) is 50.0 Å². The summed E-state index contributed by atoms with van der Waals surface area (Å²) >= 11 is 0. The van der Waals surface area contributed by atoms with E-state index >= 15 is 0 Å². The first-order valence-electron chi connectivity index (χ1n) is 6.78. The molecular weight excluding hydrogens is 272 g/mol. The molecule has 21 heavy (non-hydrogen) atoms. The molecule has 0 aliphatic carbocycles. The SMILES string of the molecule is CC1CN(c2nc(NN)nc(-n3cccn3)n2)C(C)CO1. The van der Waals surface area contributed by atoms with E-state index in [0.717, 1.165) is 0 Å². The van der Waals surface area contributed by atoms with Crippen molar-refractivity contribution in [2.24, 2.45) is 5.84 Å². The Morgan fingerprint density at radius 2 is 2.10 bits per heavy atom. The van der Waals surface area contributed by atoms with E-state index in [-0.39, 0.29) is 12.1 Å². The van der Waals surface area contributed by atoms with Gasteiger partial charge in [-0.2, -0.15) is 20.1 Å². The molecule has 2 unspecified atom stereocenters. The van der Waals surface area contributed by atoms with Gasteiger partial charge in [0.05, 0.1) is 18.8 Å². The monoisotopic (exact) mass is 290 g/mol. The van der Waals surface area contributed by atoms with Crippen LogP contribution in [-0.2, 0) is 4.74 Å². The van der Waals surface area contributed by atoms with Crippen molar-refractivity contribution in [1.82, 2.24) is 24.7 Å². The number of nitrogens with zero attached hydrogens (tertiary/aromatic N) is 6. The predicted octanol–water partition coefficient (Wildman–Crippen LogP) is -0.0435. The van der Waals surface area contributed by atoms with Gasteiger partial charge in [-0.05, 0) is 19.9 Å². The van der Waals surface area contributed by atoms with Gasteiger partial charge in [0.15, 0.2) is 0 Å². The highest BCUT2D eigenvalue weighted by atomic mass is 16.5. The standard InChI is InChI=1S/C12H18N8O/c1-8-7-21-9(2)6-19(8)11-15-10(18-13)16-12(17-11)20-5-3-4-14-20/h3-5,8-9H,6-7,13H2,1-2H3,(H,15,16,17,18). The molecule has 0 aromatic carbocycles. The van der Waals surface area contributed by atoms with Gasteiger partial charge < -0.3 is 9.64 Å². The minimum Gasteiger partial charge on any atom is -0.375 e. The third-order valence-corrected chi connectivity index (χ3v) is 3.31. The van der Waals surface area contributed by atoms with Crippen LogP contribution in [0.1, 0.15) is 13.8 Å². The number of aromatic nitrogens is 5. The minimum atomic E-state index is 0.125. The van der Waals surface area contributed by atoms with E-state index in [1.165, 1.54) is 0 Å². The Morgan fingerprint density at radius 1 is 1.29 bits per heavy atom. The van der Waals surface area contributed by atoms with Crippen LogP contribution in [0.2, 0.25) is 0 Å². The van der Waals surface area contributed by atoms with Gasteiger partial charge in [-0.25, -0.2) is 10.5 Å². The molecule has 3 heterocycles. The zero-order valence-corrected chi connectivity index (χ0v) is 12.0. The van der Waals surface area contributed by atoms with Gasteiger partial charge in [-0.3, -0.25) is 5.43 Å². The summed E-state index contributed by atoms with van der Waals surface area (Å²) in [4.78, 5) is 15.1. The maximum absolute atomic E-state index is 5.63. The molecule has 0 radical (unpaired) electrons. The molecule has 3 rings (SSSR count). The second kappa shape index (κ2) is 5.62. The molecule has 1 fully saturated rings. The van der Waals surface area contributed by atoms with Gasteiger partial charge in [0, 0.05) is 18.9 Å². The third kappa shape index (κ3) is 2.78. The molecule has 0 amide bonds. The summed E-state index contributed by atoms with van der Waals surface area (Å²) in [6.45, 7) is 5.44. The Labute approximate surface area is 122 Å². The normalized spacial score (nSPS) is 22.3. The number of rotatable bonds is 3. The number of anilines is 2. The largest absolute Gasteiger partial charge is 0.375 e. The van der Waals surface area contributed by atoms with E-state index < -0.39 is 0 Å². The summed E-state index contributed by atoms with van der Waals surface area (Å²) in [7, 11) is 0. The lowest BCUT2D eigenvalue weighted by Gasteiger charge is -2.36. The first-order valence-corrected chi connectivity index (χ1v) is 6.78. The zero-order valence-electron chi connectivity index (χ0n) is 12.0. The summed E-state index contributed by atoms with van der Waals surface area (Å²) in [6, 6.07) is 1.98. The lowest BCUT2D eigenvalue weighted by molar-refractivity contribution is 0.0337. The molecule has 9 heteroatoms. The first kappa shape index (κ1) is 13.7. The van der Waals surface area contributed by atoms with E-state index in [0.29, 0.717) is 31.0 Å². The fourth-order valence-electron chi connectivity index (χ4n) is 2.22. The smallest absolute Gasteiger partial charge is 0.257 e. The van der Waals surface area contributed by atoms with Gasteiger partial charge in [0.25, 0.3) is 5.95 Å². The number of hydrogen-bond acceptors (Lipinski definition) is 8. The van der Waals surface area contributed by atoms with Crippen molar-refractivity contribution in [3.05, 3.63) is 18.5 Å². The highest BCUT2D eigenvalue weighted by Gasteiger charge is 2.26. The summed E-state index contributed by atoms with van der Waals surface area (Å²) in [5.74, 6) is 6.74. The topological polar surface area (TPSA) is 107 Å². The number of nitrogens with one attached hydrogen (secondary N) is 1. The molecular formula is C12H18N8O. The van der Waals surface area contributed by atoms with Crippen molar-refractivity contribution < 1.29 is 4.74 Å². The Morgan fingerprint density at radius 3 is 2.81 bits per heavy atom. The van der Waals surface area contributed by atoms with Gasteiger partial charge in [0.1, 0.15) is 0 Å². The lowest BCUT2D eigenvalue weighted by Crippen LogP contribution is -2.48. The van der Waals surface area contributed by atoms with Crippen LogP contribution in [0.15, 0.2) is 18.5 Å². The molecule has 9 nitrogen and oxygen atoms in total. The number of nitrogen functional groups attached to an aromatic ring is 1. The first-order chi connectivity index (χ1) is 10.2. The van der Waals surface area contributed by atoms with Crippen molar-refractivity contribution >= 4 is 11.9 Å². The second-order valence-corrected chi connectivity index (χ2v) is 5.00. The Bertz CT molecular complexity index is 601. The molecule has 1 saturated heterocycles. The quantitative estimate of drug-likeness (QED) is 0.599. The summed E-state index contributed by atoms with van der Waals surface area (Å²) in [6.07, 6.45) is 3.56. The maximum Gasteiger partial charge on any atom is 0.257 e. The van der Waals surface area contributed by atoms with E-state index in [4.69, 9.17) is 10.6 Å². The number of morpholine rings is 1. The second-order valence-electron chi connectivity index (χ2n) is 5.00. The summed E-state index contributed by atoms with van der Waals surface area (Å²) in [5.41, 5.74) is 2.47. The Balaban J connectivity index is 1.99. The Hall–Kier alpha value is -2.26. The van der Waals surface area contributed by atoms with Crippen molar-refractivity contribution in [2.45, 2.75) is 26.0 Å². The molecule has 112 valence electrons. The van der Waals surface area contributed by atoms with Gasteiger partial charge in [-0.15, -0.1) is 0 Å². The molecule has 2 aromatic rings. The molecule has 3 N–H and O–H groups in total. The van der Waals surface area contributed by atoms with Crippen LogP contribution >= 0.6 is 0 Å². The van der Waals surface area contributed by atoms with Gasteiger partial charge in [-0.1, -0.05) is 0 Å². The number of nitrogens with two attached hydrogens (primary N) is 1. The van der Waals surface area contributed by atoms with E-state index in [1.807, 2.05) is 6.92 Å². The molecule has 1 aliphatic heterocycles. The molecule has 1 aliphatic rings. The average molecular weight is 290 g/mol. The number of hydrazine groups is 1. The number of hydrogen-bond donors (Lipinski definition) is 2. The molecule has 2 aromatic heterocycles. The highest BCUT2D eigenvalue weighted by Crippen LogP contribution is 2.19. The Kier molecular flexibility index (Phi) is 3.67. The maximum atomic E-state index is 5.63. The van der Waals surface area contributed by atoms with Crippen LogP contribution in [0, 0.1) is 0 Å². The summed E-state index contributed by atoms with van der Waals surface area (Å²) < 4.78 is 7.20. The zero-order chi connectivity index (χ0) is 14.8. The van der Waals surface area contributed by atoms with Crippen molar-refractivity contribution in [3.63, 3.8) is 0 Å². The van der Waals surface area contributed by atoms with Crippen LogP contribution in [0.4, 0.5) is 11.9 Å². The molecule has 0 spiro atoms. The van der Waals surface area contributed by atoms with E-state index in [2.05, 4.69) is 37.3 Å². The van der Waals surface area contributed by atoms with Crippen molar-refractivity contribution in [1.29, 1.82) is 0 Å². The third-order valence-electron chi connectivity index (χ3n) is 3.31. The van der Waals surface area contributed by atoms with Gasteiger partial charge >= 0.3 is 0 Å². The van der Waals surface area contributed by atoms with Crippen LogP contribution in [0.5, 0.6) is 0 Å². The number of ether oxygens (including phenoxy) is 1. The summed E-state index contributed by atoms with van der Waals surface area (Å²) in [5, 5.41) is 4.13. The fraction of sp³-hybridized carbons (Fsp3) is 0.500. The minimum absolute atomic E-state index is 0.125. The molecule has 0 saturated carbocycles. The van der Waals surface area contributed by atoms with Crippen molar-refractivity contribution in [2.75, 3.05) is 23.5 Å². The van der Waals surface area contributed by atoms with Crippen molar-refractivity contribution in [3.8, 4) is 5.95 Å². The van der Waals surface area contributed by atoms with Gasteiger partial charge in [0.2, 0.25) is 11.9 Å². The van der Waals surface area contributed by atoms with Crippen LogP contribution in [0.25, 0.3) is 5.95 Å². The fourth-order valence-corrected chi connectivity index (χ4v) is 2.22. The highest BCUT2D eigenvalue weighted by molar-refractivity contribution is 5.40. The molecule has 0 bridgehead atoms. The van der Waals surface area contributed by atoms with Crippen LogP contribution in [0.3, 0.4) is 0 Å². The molecule has 2 atom stereocenters. The van der Waals surface area contributed by atoms with E-state index in [9.17, 15) is 0 Å². The lowest BCUT2D eigenvalue weighted by atomic mass is 10.2. The average Bonchev–Trinajstić information content (AvgIpc) is 3.03. The predicted molar refractivity (Wildman–Crippen MR) is 77.0 cm³/mol. The van der Waals surface area contributed by atoms with E-state index in [1.54, 1.807) is 23.1 Å².